The summed E-state index contributed by atoms with van der Waals surface area (Å²) >= 11 is 0. The second-order valence-electron chi connectivity index (χ2n) is 19.4. The summed E-state index contributed by atoms with van der Waals surface area (Å²) in [6, 6.07) is 23.4. The van der Waals surface area contributed by atoms with Gasteiger partial charge in [-0.15, -0.1) is 0 Å². The molecule has 2 unspecified atom stereocenters. The smallest absolute Gasteiger partial charge is 0.407 e. The van der Waals surface area contributed by atoms with Crippen molar-refractivity contribution in [2.75, 3.05) is 27.3 Å². The summed E-state index contributed by atoms with van der Waals surface area (Å²) in [7, 11) is 2.53. The Kier molecular flexibility index (Phi) is 15.5. The maximum Gasteiger partial charge on any atom is 0.407 e. The molecule has 0 radical (unpaired) electrons. The summed E-state index contributed by atoms with van der Waals surface area (Å²) in [6.07, 6.45) is 8.11. The van der Waals surface area contributed by atoms with Crippen LogP contribution in [0.4, 0.5) is 9.59 Å². The molecule has 2 N–H and O–H groups in total. The van der Waals surface area contributed by atoms with Crippen LogP contribution in [0.5, 0.6) is 0 Å². The van der Waals surface area contributed by atoms with Crippen LogP contribution < -0.4 is 10.6 Å². The molecule has 12 heteroatoms. The third kappa shape index (κ3) is 11.0. The molecule has 2 aliphatic carbocycles. The molecule has 0 bridgehead atoms. The molecule has 0 aromatic heterocycles. The van der Waals surface area contributed by atoms with Crippen LogP contribution >= 0.6 is 0 Å². The first-order valence-corrected chi connectivity index (χ1v) is 23.9. The Morgan fingerprint density at radius 1 is 0.508 bits per heavy atom. The minimum Gasteiger partial charge on any atom is -0.453 e. The van der Waals surface area contributed by atoms with Crippen LogP contribution in [0.15, 0.2) is 72.8 Å². The van der Waals surface area contributed by atoms with E-state index in [-0.39, 0.29) is 65.8 Å². The van der Waals surface area contributed by atoms with Gasteiger partial charge in [0.25, 0.3) is 0 Å². The molecule has 4 fully saturated rings. The first kappa shape index (κ1) is 47.4. The number of carbonyl (C=O) groups is 6. The third-order valence-corrected chi connectivity index (χ3v) is 14.5. The topological polar surface area (TPSA) is 151 Å². The van der Waals surface area contributed by atoms with Crippen LogP contribution in [0.2, 0.25) is 0 Å². The maximum absolute atomic E-state index is 13.8. The van der Waals surface area contributed by atoms with Crippen molar-refractivity contribution in [2.45, 2.75) is 146 Å². The second-order valence-corrected chi connectivity index (χ2v) is 19.4. The molecule has 3 aromatic carbocycles. The number of Topliss-reactive ketones (excluding diaryl/α,β-unsaturated/α-hetero) is 2. The number of ketones is 2. The third-order valence-electron chi connectivity index (χ3n) is 14.5. The molecular formula is C53H68N4O8. The van der Waals surface area contributed by atoms with E-state index >= 15 is 0 Å². The van der Waals surface area contributed by atoms with Gasteiger partial charge in [0.2, 0.25) is 11.8 Å². The van der Waals surface area contributed by atoms with Crippen molar-refractivity contribution in [2.24, 2.45) is 11.8 Å². The van der Waals surface area contributed by atoms with Gasteiger partial charge in [-0.1, -0.05) is 120 Å². The number of carbonyl (C=O) groups excluding carboxylic acids is 6. The van der Waals surface area contributed by atoms with Gasteiger partial charge in [-0.3, -0.25) is 19.2 Å². The summed E-state index contributed by atoms with van der Waals surface area (Å²) in [4.78, 5) is 82.2. The van der Waals surface area contributed by atoms with Crippen molar-refractivity contribution in [3.8, 4) is 0 Å². The molecule has 4 amide bonds. The van der Waals surface area contributed by atoms with Gasteiger partial charge in [-0.05, 0) is 107 Å². The number of nitrogens with one attached hydrogen (secondary N) is 2. The first-order valence-electron chi connectivity index (χ1n) is 23.9. The van der Waals surface area contributed by atoms with Crippen molar-refractivity contribution in [1.29, 1.82) is 0 Å². The van der Waals surface area contributed by atoms with E-state index in [0.29, 0.717) is 31.8 Å². The summed E-state index contributed by atoms with van der Waals surface area (Å²) in [5.41, 5.74) is 6.92. The zero-order chi connectivity index (χ0) is 46.4. The fourth-order valence-corrected chi connectivity index (χ4v) is 10.8. The number of likely N-dealkylation sites (tertiary alicyclic amines) is 2. The van der Waals surface area contributed by atoms with Crippen LogP contribution in [0, 0.1) is 11.8 Å². The van der Waals surface area contributed by atoms with E-state index in [9.17, 15) is 28.8 Å². The highest BCUT2D eigenvalue weighted by molar-refractivity contribution is 5.94. The summed E-state index contributed by atoms with van der Waals surface area (Å²) in [5, 5.41) is 5.32. The molecule has 4 aliphatic rings. The number of hydrogen-bond acceptors (Lipinski definition) is 8. The van der Waals surface area contributed by atoms with E-state index in [1.807, 2.05) is 52.0 Å². The maximum atomic E-state index is 13.8. The largest absolute Gasteiger partial charge is 0.453 e. The zero-order valence-corrected chi connectivity index (χ0v) is 39.1. The number of ether oxygens (including phenoxy) is 2. The van der Waals surface area contributed by atoms with Gasteiger partial charge in [0, 0.05) is 25.9 Å². The van der Waals surface area contributed by atoms with Crippen molar-refractivity contribution in [3.05, 3.63) is 106 Å². The van der Waals surface area contributed by atoms with Gasteiger partial charge in [0.05, 0.1) is 26.3 Å². The molecule has 2 saturated heterocycles. The second kappa shape index (κ2) is 21.2. The molecule has 3 aromatic rings. The Morgan fingerprint density at radius 2 is 0.862 bits per heavy atom. The van der Waals surface area contributed by atoms with Crippen LogP contribution in [0.25, 0.3) is 0 Å². The number of nitrogens with zero attached hydrogens (tertiary/aromatic N) is 2. The van der Waals surface area contributed by atoms with E-state index in [1.54, 1.807) is 9.80 Å². The fraction of sp³-hybridized carbons (Fsp3) is 0.547. The van der Waals surface area contributed by atoms with Crippen LogP contribution in [-0.4, -0.2) is 96.8 Å². The van der Waals surface area contributed by atoms with Crippen molar-refractivity contribution < 1.29 is 38.2 Å². The monoisotopic (exact) mass is 889 g/mol. The molecule has 6 atom stereocenters. The Morgan fingerprint density at radius 3 is 1.22 bits per heavy atom. The number of amides is 4. The molecule has 12 nitrogen and oxygen atoms in total. The molecular weight excluding hydrogens is 821 g/mol. The summed E-state index contributed by atoms with van der Waals surface area (Å²) in [5.74, 6) is 0.439. The van der Waals surface area contributed by atoms with E-state index < -0.39 is 36.4 Å². The lowest BCUT2D eigenvalue weighted by Crippen LogP contribution is -2.53. The Labute approximate surface area is 384 Å². The zero-order valence-electron chi connectivity index (χ0n) is 39.1. The van der Waals surface area contributed by atoms with E-state index in [4.69, 9.17) is 9.47 Å². The molecule has 2 aliphatic heterocycles. The predicted octanol–water partition coefficient (Wildman–Crippen LogP) is 8.37. The van der Waals surface area contributed by atoms with Gasteiger partial charge >= 0.3 is 12.2 Å². The SMILES string of the molecule is COC(=O)N[C@H](C(=O)N1CCC[C@H]1C(=O)Cc1ccc(C2C(c3ccc(CC(=O)[C@@H]4CCCN4C(=O)[C@@H](NC(=O)OC)C(C)C)cc3)C2c2ccc(C3CCCCC3)cc2)cc1)C(C)C. The van der Waals surface area contributed by atoms with Crippen LogP contribution in [0.3, 0.4) is 0 Å². The minimum atomic E-state index is -0.779. The van der Waals surface area contributed by atoms with Crippen molar-refractivity contribution >= 4 is 35.6 Å². The minimum absolute atomic E-state index is 0.00876. The van der Waals surface area contributed by atoms with Gasteiger partial charge < -0.3 is 29.9 Å². The number of hydrogen-bond donors (Lipinski definition) is 2. The predicted molar refractivity (Wildman–Crippen MR) is 249 cm³/mol. The molecule has 0 spiro atoms. The van der Waals surface area contributed by atoms with Crippen molar-refractivity contribution in [1.82, 2.24) is 20.4 Å². The number of rotatable bonds is 16. The summed E-state index contributed by atoms with van der Waals surface area (Å²) < 4.78 is 9.52. The molecule has 348 valence electrons. The lowest BCUT2D eigenvalue weighted by Gasteiger charge is -2.30. The Hall–Kier alpha value is -5.52. The average molecular weight is 889 g/mol. The summed E-state index contributed by atoms with van der Waals surface area (Å²) in [6.45, 7) is 8.40. The Balaban J connectivity index is 1.05. The van der Waals surface area contributed by atoms with E-state index in [0.717, 1.165) is 24.0 Å². The number of alkyl carbamates (subject to hydrolysis) is 2. The molecule has 65 heavy (non-hydrogen) atoms. The van der Waals surface area contributed by atoms with Crippen LogP contribution in [-0.2, 0) is 41.5 Å². The number of benzene rings is 3. The number of methoxy groups -OCH3 is 2. The first-order chi connectivity index (χ1) is 31.3. The highest BCUT2D eigenvalue weighted by Gasteiger charge is 2.52. The average Bonchev–Trinajstić information content (AvgIpc) is 3.58. The van der Waals surface area contributed by atoms with Crippen molar-refractivity contribution in [3.63, 3.8) is 0 Å². The normalized spacial score (nSPS) is 22.9. The molecule has 2 heterocycles. The van der Waals surface area contributed by atoms with Gasteiger partial charge in [-0.2, -0.15) is 0 Å². The molecule has 2 saturated carbocycles. The van der Waals surface area contributed by atoms with Gasteiger partial charge in [-0.25, -0.2) is 9.59 Å². The fourth-order valence-electron chi connectivity index (χ4n) is 10.8. The highest BCUT2D eigenvalue weighted by atomic mass is 16.5. The van der Waals surface area contributed by atoms with E-state index in [1.165, 1.54) is 68.6 Å². The molecule has 7 rings (SSSR count). The highest BCUT2D eigenvalue weighted by Crippen LogP contribution is 2.66. The van der Waals surface area contributed by atoms with Gasteiger partial charge in [0.1, 0.15) is 12.1 Å². The van der Waals surface area contributed by atoms with Crippen LogP contribution in [0.1, 0.15) is 143 Å². The van der Waals surface area contributed by atoms with Gasteiger partial charge in [0.15, 0.2) is 11.6 Å². The van der Waals surface area contributed by atoms with E-state index in [2.05, 4.69) is 59.2 Å². The Bertz CT molecular complexity index is 2040. The lowest BCUT2D eigenvalue weighted by molar-refractivity contribution is -0.140. The quantitative estimate of drug-likeness (QED) is 0.146. The standard InChI is InChI=1S/C53H68N4O8/c1-32(2)48(54-52(62)64-5)50(60)56-28-10-14-41(56)43(58)30-34-16-20-38(21-17-34)45-46(47(45)40-26-24-37(25-27-40)36-12-8-7-9-13-36)39-22-18-35(19-23-39)31-44(59)42-15-11-29-57(42)51(61)49(33(3)4)55-53(63)65-6/h16-27,32-33,36,41-42,45-49H,7-15,28-31H2,1-6H3,(H,54,62)(H,55,63)/t41-,42-,45?,46?,47?,48-,49-/m0/s1. The lowest BCUT2D eigenvalue weighted by atomic mass is 9.83.